The third-order valence-corrected chi connectivity index (χ3v) is 1.99. The van der Waals surface area contributed by atoms with Crippen LogP contribution in [0.5, 0.6) is 0 Å². The molecule has 5 heteroatoms. The van der Waals surface area contributed by atoms with Crippen LogP contribution in [0, 0.1) is 0 Å². The highest BCUT2D eigenvalue weighted by molar-refractivity contribution is 8.15. The Morgan fingerprint density at radius 2 is 2.55 bits per heavy atom. The Labute approximate surface area is 68.4 Å². The molecule has 1 heterocycles. The molecular formula is C6H8N2O2S. The smallest absolute Gasteiger partial charge is 0.247 e. The minimum Gasteiger partial charge on any atom is -0.304 e. The average molecular weight is 172 g/mol. The van der Waals surface area contributed by atoms with Crippen LogP contribution in [-0.4, -0.2) is 22.7 Å². The van der Waals surface area contributed by atoms with E-state index in [-0.39, 0.29) is 11.8 Å². The number of rotatable bonds is 1. The molecule has 0 radical (unpaired) electrons. The number of thioether (sulfide) groups is 1. The van der Waals surface area contributed by atoms with E-state index in [9.17, 15) is 9.59 Å². The lowest BCUT2D eigenvalue weighted by molar-refractivity contribution is -0.117. The van der Waals surface area contributed by atoms with E-state index in [0.717, 1.165) is 0 Å². The van der Waals surface area contributed by atoms with Crippen molar-refractivity contribution in [2.45, 2.75) is 13.3 Å². The van der Waals surface area contributed by atoms with Gasteiger partial charge in [-0.05, 0) is 0 Å². The fourth-order valence-electron chi connectivity index (χ4n) is 0.578. The molecule has 0 aliphatic carbocycles. The molecule has 0 atom stereocenters. The van der Waals surface area contributed by atoms with Crippen molar-refractivity contribution >= 4 is 28.7 Å². The van der Waals surface area contributed by atoms with Gasteiger partial charge in [-0.15, -0.1) is 0 Å². The van der Waals surface area contributed by atoms with E-state index in [1.54, 1.807) is 6.92 Å². The Morgan fingerprint density at radius 1 is 1.82 bits per heavy atom. The molecule has 0 aromatic heterocycles. The predicted molar refractivity (Wildman–Crippen MR) is 43.3 cm³/mol. The predicted octanol–water partition coefficient (Wildman–Crippen LogP) is 0.142. The lowest BCUT2D eigenvalue weighted by Gasteiger charge is -1.91. The van der Waals surface area contributed by atoms with Gasteiger partial charge in [-0.1, -0.05) is 18.7 Å². The van der Waals surface area contributed by atoms with E-state index in [1.165, 1.54) is 11.8 Å². The highest BCUT2D eigenvalue weighted by Gasteiger charge is 2.16. The summed E-state index contributed by atoms with van der Waals surface area (Å²) in [5.41, 5.74) is 0. The summed E-state index contributed by atoms with van der Waals surface area (Å²) >= 11 is 1.26. The Balaban J connectivity index is 2.54. The summed E-state index contributed by atoms with van der Waals surface area (Å²) in [4.78, 5) is 25.0. The number of nitrogens with one attached hydrogen (secondary N) is 1. The number of aliphatic imine (C=N–C) groups is 1. The number of hydrogen-bond donors (Lipinski definition) is 1. The van der Waals surface area contributed by atoms with Crippen molar-refractivity contribution in [1.82, 2.24) is 5.32 Å². The van der Waals surface area contributed by atoms with E-state index in [0.29, 0.717) is 17.3 Å². The number of amides is 2. The Kier molecular flexibility index (Phi) is 2.64. The van der Waals surface area contributed by atoms with Crippen LogP contribution in [0.25, 0.3) is 0 Å². The summed E-state index contributed by atoms with van der Waals surface area (Å²) in [6, 6.07) is 0. The van der Waals surface area contributed by atoms with E-state index >= 15 is 0 Å². The topological polar surface area (TPSA) is 58.5 Å². The summed E-state index contributed by atoms with van der Waals surface area (Å²) < 4.78 is 0. The molecule has 4 nitrogen and oxygen atoms in total. The molecule has 11 heavy (non-hydrogen) atoms. The highest BCUT2D eigenvalue weighted by Crippen LogP contribution is 2.08. The standard InChI is InChI=1S/C6H8N2O2S/c1-2-4(9)7-6-8-5(10)3-11-6/h2-3H2,1H3,(H,7,8,9,10). The minimum absolute atomic E-state index is 0.0855. The van der Waals surface area contributed by atoms with Crippen LogP contribution in [0.2, 0.25) is 0 Å². The van der Waals surface area contributed by atoms with Gasteiger partial charge in [0, 0.05) is 6.42 Å². The molecule has 1 rings (SSSR count). The van der Waals surface area contributed by atoms with E-state index in [1.807, 2.05) is 0 Å². The first kappa shape index (κ1) is 8.26. The number of hydrogen-bond acceptors (Lipinski definition) is 3. The number of carbonyl (C=O) groups excluding carboxylic acids is 2. The van der Waals surface area contributed by atoms with Gasteiger partial charge in [-0.2, -0.15) is 4.99 Å². The van der Waals surface area contributed by atoms with Crippen LogP contribution in [0.15, 0.2) is 4.99 Å². The molecule has 1 N–H and O–H groups in total. The Hall–Kier alpha value is -0.840. The van der Waals surface area contributed by atoms with Gasteiger partial charge in [-0.25, -0.2) is 0 Å². The molecule has 0 saturated carbocycles. The fourth-order valence-corrected chi connectivity index (χ4v) is 1.27. The second-order valence-electron chi connectivity index (χ2n) is 2.00. The van der Waals surface area contributed by atoms with E-state index < -0.39 is 0 Å². The molecule has 1 saturated heterocycles. The number of amidine groups is 1. The van der Waals surface area contributed by atoms with Crippen molar-refractivity contribution in [3.63, 3.8) is 0 Å². The van der Waals surface area contributed by atoms with Crippen LogP contribution in [0.3, 0.4) is 0 Å². The van der Waals surface area contributed by atoms with Gasteiger partial charge in [-0.3, -0.25) is 9.59 Å². The van der Waals surface area contributed by atoms with Crippen LogP contribution in [0.1, 0.15) is 13.3 Å². The minimum atomic E-state index is -0.199. The third kappa shape index (κ3) is 2.34. The largest absolute Gasteiger partial charge is 0.304 e. The molecule has 0 unspecified atom stereocenters. The first-order chi connectivity index (χ1) is 5.22. The molecule has 1 aliphatic heterocycles. The van der Waals surface area contributed by atoms with Gasteiger partial charge in [0.05, 0.1) is 5.75 Å². The monoisotopic (exact) mass is 172 g/mol. The highest BCUT2D eigenvalue weighted by atomic mass is 32.2. The maximum Gasteiger partial charge on any atom is 0.247 e. The number of carbonyl (C=O) groups is 2. The van der Waals surface area contributed by atoms with Crippen molar-refractivity contribution in [2.24, 2.45) is 4.99 Å². The van der Waals surface area contributed by atoms with Gasteiger partial charge in [0.1, 0.15) is 0 Å². The summed E-state index contributed by atoms with van der Waals surface area (Å²) in [5, 5.41) is 2.90. The second kappa shape index (κ2) is 3.52. The third-order valence-electron chi connectivity index (χ3n) is 1.12. The number of nitrogens with zero attached hydrogens (tertiary/aromatic N) is 1. The zero-order chi connectivity index (χ0) is 8.27. The van der Waals surface area contributed by atoms with Gasteiger partial charge in [0.25, 0.3) is 0 Å². The van der Waals surface area contributed by atoms with Gasteiger partial charge in [0.15, 0.2) is 5.17 Å². The van der Waals surface area contributed by atoms with Gasteiger partial charge in [0.2, 0.25) is 11.8 Å². The first-order valence-electron chi connectivity index (χ1n) is 3.26. The molecule has 0 spiro atoms. The zero-order valence-electron chi connectivity index (χ0n) is 6.09. The molecule has 60 valence electrons. The van der Waals surface area contributed by atoms with E-state index in [4.69, 9.17) is 0 Å². The quantitative estimate of drug-likeness (QED) is 0.612. The summed E-state index contributed by atoms with van der Waals surface area (Å²) in [5.74, 6) is 0.0860. The Bertz CT molecular complexity index is 225. The lowest BCUT2D eigenvalue weighted by atomic mass is 10.5. The lowest BCUT2D eigenvalue weighted by Crippen LogP contribution is -2.20. The zero-order valence-corrected chi connectivity index (χ0v) is 6.90. The molecule has 2 amide bonds. The summed E-state index contributed by atoms with van der Waals surface area (Å²) in [7, 11) is 0. The van der Waals surface area contributed by atoms with E-state index in [2.05, 4.69) is 10.3 Å². The fraction of sp³-hybridized carbons (Fsp3) is 0.500. The molecule has 0 aromatic rings. The van der Waals surface area contributed by atoms with Crippen LogP contribution in [0.4, 0.5) is 0 Å². The van der Waals surface area contributed by atoms with Gasteiger partial charge < -0.3 is 5.32 Å². The summed E-state index contributed by atoms with van der Waals surface area (Å²) in [6.07, 6.45) is 0.375. The SMILES string of the molecule is CCC(=O)N=C1NC(=O)CS1. The maximum absolute atomic E-state index is 10.7. The molecule has 1 fully saturated rings. The van der Waals surface area contributed by atoms with Crippen LogP contribution in [-0.2, 0) is 9.59 Å². The second-order valence-corrected chi connectivity index (χ2v) is 2.97. The van der Waals surface area contributed by atoms with Crippen molar-refractivity contribution in [3.8, 4) is 0 Å². The maximum atomic E-state index is 10.7. The molecule has 0 aromatic carbocycles. The van der Waals surface area contributed by atoms with Crippen molar-refractivity contribution in [3.05, 3.63) is 0 Å². The molecule has 1 aliphatic rings. The Morgan fingerprint density at radius 3 is 3.00 bits per heavy atom. The van der Waals surface area contributed by atoms with Crippen molar-refractivity contribution in [2.75, 3.05) is 5.75 Å². The van der Waals surface area contributed by atoms with Crippen LogP contribution < -0.4 is 5.32 Å². The normalized spacial score (nSPS) is 20.5. The first-order valence-corrected chi connectivity index (χ1v) is 4.25. The van der Waals surface area contributed by atoms with Gasteiger partial charge >= 0.3 is 0 Å². The molecule has 0 bridgehead atoms. The van der Waals surface area contributed by atoms with Crippen molar-refractivity contribution in [1.29, 1.82) is 0 Å². The summed E-state index contributed by atoms with van der Waals surface area (Å²) in [6.45, 7) is 1.73. The van der Waals surface area contributed by atoms with Crippen LogP contribution >= 0.6 is 11.8 Å². The average Bonchev–Trinajstić information content (AvgIpc) is 2.35. The molecular weight excluding hydrogens is 164 g/mol. The van der Waals surface area contributed by atoms with Crippen molar-refractivity contribution < 1.29 is 9.59 Å².